The van der Waals surface area contributed by atoms with Crippen molar-refractivity contribution in [2.75, 3.05) is 5.73 Å². The number of carbonyl (C=O) groups excluding carboxylic acids is 1. The van der Waals surface area contributed by atoms with Crippen molar-refractivity contribution < 1.29 is 14.3 Å². The molecule has 0 aliphatic rings. The van der Waals surface area contributed by atoms with Gasteiger partial charge in [0.2, 0.25) is 11.6 Å². The number of rotatable bonds is 6. The molecule has 0 spiro atoms. The first-order valence-corrected chi connectivity index (χ1v) is 10.1. The summed E-state index contributed by atoms with van der Waals surface area (Å²) in [5.74, 6) is -0.849. The number of nitrogens with two attached hydrogens (primary N) is 1. The van der Waals surface area contributed by atoms with Gasteiger partial charge in [0.25, 0.3) is 11.6 Å². The van der Waals surface area contributed by atoms with E-state index in [0.29, 0.717) is 26.9 Å². The summed E-state index contributed by atoms with van der Waals surface area (Å²) in [4.78, 5) is 23.4. The molecule has 0 unspecified atom stereocenters. The lowest BCUT2D eigenvalue weighted by Crippen LogP contribution is -2.21. The van der Waals surface area contributed by atoms with Crippen molar-refractivity contribution in [3.05, 3.63) is 73.9 Å². The van der Waals surface area contributed by atoms with E-state index in [1.807, 2.05) is 0 Å². The Morgan fingerprint density at radius 3 is 2.56 bits per heavy atom. The van der Waals surface area contributed by atoms with Gasteiger partial charge in [-0.3, -0.25) is 14.9 Å². The molecular weight excluding hydrogens is 489 g/mol. The molecular formula is C19H13Cl2N9O4. The van der Waals surface area contributed by atoms with Crippen LogP contribution in [0.2, 0.25) is 10.0 Å². The number of hydrogen-bond donors (Lipinski definition) is 2. The van der Waals surface area contributed by atoms with Gasteiger partial charge < -0.3 is 5.73 Å². The van der Waals surface area contributed by atoms with Crippen molar-refractivity contribution in [2.24, 2.45) is 5.10 Å². The first kappa shape index (κ1) is 22.8. The van der Waals surface area contributed by atoms with E-state index in [1.165, 1.54) is 24.3 Å². The zero-order valence-corrected chi connectivity index (χ0v) is 18.7. The minimum Gasteiger partial charge on any atom is -0.378 e. The molecule has 1 amide bonds. The molecule has 4 rings (SSSR count). The topological polar surface area (TPSA) is 180 Å². The zero-order chi connectivity index (χ0) is 24.4. The van der Waals surface area contributed by atoms with Crippen molar-refractivity contribution in [1.82, 2.24) is 30.7 Å². The third kappa shape index (κ3) is 4.42. The van der Waals surface area contributed by atoms with Gasteiger partial charge in [0.1, 0.15) is 5.69 Å². The fourth-order valence-corrected chi connectivity index (χ4v) is 3.50. The number of nitro benzene ring substituents is 1. The van der Waals surface area contributed by atoms with Crippen molar-refractivity contribution in [3.8, 4) is 17.1 Å². The van der Waals surface area contributed by atoms with Crippen LogP contribution < -0.4 is 11.2 Å². The molecule has 0 bridgehead atoms. The van der Waals surface area contributed by atoms with Crippen LogP contribution in [-0.4, -0.2) is 41.8 Å². The maximum Gasteiger partial charge on any atom is 0.294 e. The zero-order valence-electron chi connectivity index (χ0n) is 17.1. The molecule has 0 aliphatic heterocycles. The third-order valence-corrected chi connectivity index (χ3v) is 5.13. The van der Waals surface area contributed by atoms with Gasteiger partial charge in [-0.25, -0.2) is 10.1 Å². The summed E-state index contributed by atoms with van der Waals surface area (Å²) in [5, 5.41) is 30.9. The van der Waals surface area contributed by atoms with Gasteiger partial charge >= 0.3 is 0 Å². The molecule has 172 valence electrons. The summed E-state index contributed by atoms with van der Waals surface area (Å²) in [6, 6.07) is 10.2. The molecule has 0 radical (unpaired) electrons. The number of nitrogen functional groups attached to an aromatic ring is 1. The third-order valence-electron chi connectivity index (χ3n) is 4.58. The van der Waals surface area contributed by atoms with Crippen LogP contribution in [0.3, 0.4) is 0 Å². The van der Waals surface area contributed by atoms with E-state index in [0.717, 1.165) is 4.68 Å². The molecule has 0 saturated heterocycles. The highest BCUT2D eigenvalue weighted by Gasteiger charge is 2.25. The second-order valence-electron chi connectivity index (χ2n) is 6.74. The summed E-state index contributed by atoms with van der Waals surface area (Å²) >= 11 is 12.1. The molecule has 2 heterocycles. The van der Waals surface area contributed by atoms with Crippen LogP contribution in [0.5, 0.6) is 0 Å². The first-order chi connectivity index (χ1) is 16.3. The lowest BCUT2D eigenvalue weighted by Gasteiger charge is -2.07. The largest absolute Gasteiger partial charge is 0.378 e. The molecule has 0 fully saturated rings. The van der Waals surface area contributed by atoms with E-state index in [4.69, 9.17) is 28.9 Å². The number of aromatic nitrogens is 5. The second kappa shape index (κ2) is 9.25. The number of halogens is 2. The van der Waals surface area contributed by atoms with Crippen LogP contribution >= 0.6 is 23.2 Å². The SMILES string of the molecule is CC(=NNC(=O)c1nnn(-c2nonc2N)c1-c1ccc([N+](=O)[O-])cc1)c1ccc(Cl)cc1Cl. The Kier molecular flexibility index (Phi) is 6.21. The summed E-state index contributed by atoms with van der Waals surface area (Å²) in [6.45, 7) is 1.64. The number of hydrazone groups is 1. The molecule has 3 N–H and O–H groups in total. The molecule has 0 aliphatic carbocycles. The first-order valence-electron chi connectivity index (χ1n) is 9.35. The normalized spacial score (nSPS) is 11.4. The highest BCUT2D eigenvalue weighted by Crippen LogP contribution is 2.28. The number of nitro groups is 1. The van der Waals surface area contributed by atoms with Crippen LogP contribution in [0.4, 0.5) is 11.5 Å². The maximum atomic E-state index is 13.0. The summed E-state index contributed by atoms with van der Waals surface area (Å²) in [5.41, 5.74) is 9.33. The van der Waals surface area contributed by atoms with Crippen LogP contribution in [-0.2, 0) is 0 Å². The van der Waals surface area contributed by atoms with Crippen LogP contribution in [0.15, 0.2) is 52.2 Å². The average molecular weight is 502 g/mol. The quantitative estimate of drug-likeness (QED) is 0.227. The Hall–Kier alpha value is -4.36. The predicted molar refractivity (Wildman–Crippen MR) is 122 cm³/mol. The van der Waals surface area contributed by atoms with Gasteiger partial charge in [-0.2, -0.15) is 9.78 Å². The van der Waals surface area contributed by atoms with E-state index in [1.54, 1.807) is 25.1 Å². The highest BCUT2D eigenvalue weighted by molar-refractivity contribution is 6.37. The van der Waals surface area contributed by atoms with Gasteiger partial charge in [0, 0.05) is 28.3 Å². The lowest BCUT2D eigenvalue weighted by molar-refractivity contribution is -0.384. The number of hydrogen-bond acceptors (Lipinski definition) is 10. The lowest BCUT2D eigenvalue weighted by atomic mass is 10.1. The monoisotopic (exact) mass is 501 g/mol. The summed E-state index contributed by atoms with van der Waals surface area (Å²) in [6.07, 6.45) is 0. The molecule has 0 saturated carbocycles. The maximum absolute atomic E-state index is 13.0. The number of anilines is 1. The Morgan fingerprint density at radius 1 is 1.21 bits per heavy atom. The number of nitrogens with zero attached hydrogens (tertiary/aromatic N) is 7. The number of amides is 1. The predicted octanol–water partition coefficient (Wildman–Crippen LogP) is 3.27. The number of non-ortho nitro benzene ring substituents is 1. The molecule has 0 atom stereocenters. The fourth-order valence-electron chi connectivity index (χ4n) is 2.95. The highest BCUT2D eigenvalue weighted by atomic mass is 35.5. The fraction of sp³-hybridized carbons (Fsp3) is 0.0526. The Morgan fingerprint density at radius 2 is 1.94 bits per heavy atom. The van der Waals surface area contributed by atoms with Crippen molar-refractivity contribution in [2.45, 2.75) is 6.92 Å². The molecule has 2 aromatic carbocycles. The van der Waals surface area contributed by atoms with Crippen LogP contribution in [0.1, 0.15) is 23.0 Å². The van der Waals surface area contributed by atoms with E-state index in [-0.39, 0.29) is 28.7 Å². The molecule has 13 nitrogen and oxygen atoms in total. The molecule has 34 heavy (non-hydrogen) atoms. The number of benzene rings is 2. The number of nitrogens with one attached hydrogen (secondary N) is 1. The van der Waals surface area contributed by atoms with Crippen molar-refractivity contribution >= 4 is 46.3 Å². The molecule has 2 aromatic heterocycles. The van der Waals surface area contributed by atoms with E-state index < -0.39 is 10.8 Å². The number of carbonyl (C=O) groups is 1. The van der Waals surface area contributed by atoms with Crippen molar-refractivity contribution in [3.63, 3.8) is 0 Å². The minimum absolute atomic E-state index is 0.0208. The van der Waals surface area contributed by atoms with Crippen LogP contribution in [0.25, 0.3) is 17.1 Å². The minimum atomic E-state index is -0.723. The molecule has 4 aromatic rings. The van der Waals surface area contributed by atoms with Gasteiger partial charge in [0.05, 0.1) is 15.7 Å². The van der Waals surface area contributed by atoms with Gasteiger partial charge in [-0.15, -0.1) is 5.10 Å². The van der Waals surface area contributed by atoms with E-state index in [9.17, 15) is 14.9 Å². The van der Waals surface area contributed by atoms with Gasteiger partial charge in [-0.1, -0.05) is 34.5 Å². The smallest absolute Gasteiger partial charge is 0.294 e. The Balaban J connectivity index is 1.72. The summed E-state index contributed by atoms with van der Waals surface area (Å²) in [7, 11) is 0. The van der Waals surface area contributed by atoms with E-state index in [2.05, 4.69) is 35.8 Å². The summed E-state index contributed by atoms with van der Waals surface area (Å²) < 4.78 is 5.74. The van der Waals surface area contributed by atoms with E-state index >= 15 is 0 Å². The Bertz CT molecular complexity index is 1430. The van der Waals surface area contributed by atoms with Crippen LogP contribution in [0, 0.1) is 10.1 Å². The average Bonchev–Trinajstić information content (AvgIpc) is 3.43. The van der Waals surface area contributed by atoms with Gasteiger partial charge in [-0.05, 0) is 41.5 Å². The van der Waals surface area contributed by atoms with Crippen molar-refractivity contribution in [1.29, 1.82) is 0 Å². The van der Waals surface area contributed by atoms with Gasteiger partial charge in [0.15, 0.2) is 5.69 Å². The second-order valence-corrected chi connectivity index (χ2v) is 7.58. The molecule has 15 heteroatoms. The standard InChI is InChI=1S/C19H13Cl2N9O4/c1-9(13-7-4-11(20)8-14(13)21)23-25-19(31)15-16(10-2-5-12(6-3-10)30(32)33)29(28-24-15)18-17(22)26-34-27-18/h2-8H,1H3,(H2,22,26)(H,25,31). The Labute approximate surface area is 200 Å².